The third-order valence-electron chi connectivity index (χ3n) is 2.46. The Morgan fingerprint density at radius 3 is 2.71 bits per heavy atom. The summed E-state index contributed by atoms with van der Waals surface area (Å²) in [4.78, 5) is 12.1. The first-order chi connectivity index (χ1) is 7.95. The minimum absolute atomic E-state index is 0.00562. The first-order valence-electron chi connectivity index (χ1n) is 5.27. The summed E-state index contributed by atoms with van der Waals surface area (Å²) in [7, 11) is 0. The lowest BCUT2D eigenvalue weighted by Crippen LogP contribution is -2.40. The molecular formula is C12H14BrClINO. The van der Waals surface area contributed by atoms with Crippen LogP contribution in [0.15, 0.2) is 22.7 Å². The number of benzene rings is 1. The Kier molecular flexibility index (Phi) is 6.23. The fourth-order valence-electron chi connectivity index (χ4n) is 1.30. The molecule has 0 aliphatic carbocycles. The lowest BCUT2D eigenvalue weighted by Gasteiger charge is -2.20. The number of hydrogen-bond donors (Lipinski definition) is 1. The van der Waals surface area contributed by atoms with E-state index in [0.29, 0.717) is 17.4 Å². The molecule has 0 fully saturated rings. The van der Waals surface area contributed by atoms with E-state index in [9.17, 15) is 4.79 Å². The summed E-state index contributed by atoms with van der Waals surface area (Å²) >= 11 is 11.4. The van der Waals surface area contributed by atoms with Gasteiger partial charge in [0.1, 0.15) is 0 Å². The van der Waals surface area contributed by atoms with Crippen LogP contribution in [0.25, 0.3) is 0 Å². The van der Waals surface area contributed by atoms with Gasteiger partial charge in [-0.25, -0.2) is 0 Å². The van der Waals surface area contributed by atoms with Crippen LogP contribution in [-0.2, 0) is 0 Å². The van der Waals surface area contributed by atoms with E-state index in [1.165, 1.54) is 0 Å². The number of carbonyl (C=O) groups excluding carboxylic acids is 1. The predicted molar refractivity (Wildman–Crippen MR) is 83.7 cm³/mol. The number of halogens is 3. The van der Waals surface area contributed by atoms with Crippen molar-refractivity contribution in [1.29, 1.82) is 0 Å². The van der Waals surface area contributed by atoms with Crippen LogP contribution in [0.2, 0.25) is 0 Å². The fourth-order valence-corrected chi connectivity index (χ4v) is 2.65. The van der Waals surface area contributed by atoms with Crippen LogP contribution in [-0.4, -0.2) is 17.8 Å². The van der Waals surface area contributed by atoms with Crippen molar-refractivity contribution in [3.8, 4) is 0 Å². The van der Waals surface area contributed by atoms with Crippen molar-refractivity contribution in [1.82, 2.24) is 5.32 Å². The van der Waals surface area contributed by atoms with Gasteiger partial charge in [0.05, 0.1) is 5.56 Å². The molecule has 0 bridgehead atoms. The molecule has 1 rings (SSSR count). The molecule has 0 aliphatic rings. The zero-order valence-corrected chi connectivity index (χ0v) is 14.1. The molecule has 1 aromatic carbocycles. The summed E-state index contributed by atoms with van der Waals surface area (Å²) < 4.78 is 1.83. The highest BCUT2D eigenvalue weighted by Gasteiger charge is 2.17. The van der Waals surface area contributed by atoms with Crippen LogP contribution in [0.4, 0.5) is 0 Å². The van der Waals surface area contributed by atoms with Crippen molar-refractivity contribution in [3.05, 3.63) is 31.8 Å². The van der Waals surface area contributed by atoms with E-state index in [1.54, 1.807) is 0 Å². The number of rotatable bonds is 4. The maximum atomic E-state index is 12.1. The molecule has 0 aromatic heterocycles. The Labute approximate surface area is 129 Å². The van der Waals surface area contributed by atoms with Gasteiger partial charge in [-0.1, -0.05) is 13.8 Å². The van der Waals surface area contributed by atoms with Crippen molar-refractivity contribution >= 4 is 56.0 Å². The van der Waals surface area contributed by atoms with Gasteiger partial charge in [-0.05, 0) is 62.6 Å². The van der Waals surface area contributed by atoms with Crippen LogP contribution in [0.5, 0.6) is 0 Å². The highest BCUT2D eigenvalue weighted by Crippen LogP contribution is 2.20. The summed E-state index contributed by atoms with van der Waals surface area (Å²) in [6, 6.07) is 5.67. The lowest BCUT2D eigenvalue weighted by molar-refractivity contribution is 0.0930. The molecule has 1 amide bonds. The van der Waals surface area contributed by atoms with Crippen molar-refractivity contribution in [3.63, 3.8) is 0 Å². The van der Waals surface area contributed by atoms with Crippen molar-refractivity contribution in [2.75, 3.05) is 5.88 Å². The quantitative estimate of drug-likeness (QED) is 0.567. The normalized spacial score (nSPS) is 12.6. The molecule has 5 heteroatoms. The van der Waals surface area contributed by atoms with Crippen LogP contribution in [0.1, 0.15) is 24.2 Å². The number of alkyl halides is 1. The maximum absolute atomic E-state index is 12.1. The average molecular weight is 431 g/mol. The van der Waals surface area contributed by atoms with Gasteiger partial charge in [0, 0.05) is 20.0 Å². The third-order valence-corrected chi connectivity index (χ3v) is 4.16. The molecule has 1 atom stereocenters. The Hall–Kier alpha value is 0.190. The Bertz CT molecular complexity index is 411. The molecule has 1 N–H and O–H groups in total. The summed E-state index contributed by atoms with van der Waals surface area (Å²) in [6.45, 7) is 4.08. The second kappa shape index (κ2) is 6.95. The zero-order valence-electron chi connectivity index (χ0n) is 9.64. The van der Waals surface area contributed by atoms with Crippen LogP contribution in [0.3, 0.4) is 0 Å². The minimum Gasteiger partial charge on any atom is -0.348 e. The molecule has 0 saturated heterocycles. The number of amides is 1. The van der Waals surface area contributed by atoms with Gasteiger partial charge in [0.25, 0.3) is 5.91 Å². The molecule has 2 nitrogen and oxygen atoms in total. The van der Waals surface area contributed by atoms with Gasteiger partial charge >= 0.3 is 0 Å². The molecule has 0 heterocycles. The van der Waals surface area contributed by atoms with Gasteiger partial charge < -0.3 is 5.32 Å². The summed E-state index contributed by atoms with van der Waals surface area (Å²) in [5.74, 6) is 0.651. The third kappa shape index (κ3) is 4.41. The molecule has 0 saturated carbocycles. The molecule has 0 spiro atoms. The first kappa shape index (κ1) is 15.2. The SMILES string of the molecule is CC(C)C(CCl)NC(=O)c1cc(I)ccc1Br. The van der Waals surface area contributed by atoms with E-state index < -0.39 is 0 Å². The first-order valence-corrected chi connectivity index (χ1v) is 7.68. The second-order valence-corrected chi connectivity index (χ2v) is 6.51. The topological polar surface area (TPSA) is 29.1 Å². The van der Waals surface area contributed by atoms with E-state index in [-0.39, 0.29) is 11.9 Å². The predicted octanol–water partition coefficient (Wildman–Crippen LogP) is 4.05. The minimum atomic E-state index is -0.0882. The van der Waals surface area contributed by atoms with Gasteiger partial charge in [0.2, 0.25) is 0 Å². The molecular weight excluding hydrogens is 416 g/mol. The number of nitrogens with one attached hydrogen (secondary N) is 1. The summed E-state index contributed by atoms with van der Waals surface area (Å²) in [5.41, 5.74) is 0.646. The zero-order chi connectivity index (χ0) is 13.0. The second-order valence-electron chi connectivity index (χ2n) is 4.10. The lowest BCUT2D eigenvalue weighted by atomic mass is 10.1. The smallest absolute Gasteiger partial charge is 0.252 e. The van der Waals surface area contributed by atoms with Gasteiger partial charge in [-0.15, -0.1) is 11.6 Å². The number of hydrogen-bond acceptors (Lipinski definition) is 1. The van der Waals surface area contributed by atoms with Gasteiger partial charge in [-0.2, -0.15) is 0 Å². The molecule has 1 unspecified atom stereocenters. The molecule has 1 aromatic rings. The average Bonchev–Trinajstić information content (AvgIpc) is 2.28. The van der Waals surface area contributed by atoms with Gasteiger partial charge in [-0.3, -0.25) is 4.79 Å². The Morgan fingerprint density at radius 2 is 2.18 bits per heavy atom. The standard InChI is InChI=1S/C12H14BrClINO/c1-7(2)11(6-14)16-12(17)9-5-8(15)3-4-10(9)13/h3-5,7,11H,6H2,1-2H3,(H,16,17). The Balaban J connectivity index is 2.86. The van der Waals surface area contributed by atoms with E-state index in [4.69, 9.17) is 11.6 Å². The largest absolute Gasteiger partial charge is 0.348 e. The van der Waals surface area contributed by atoms with Crippen LogP contribution >= 0.6 is 50.1 Å². The van der Waals surface area contributed by atoms with E-state index in [0.717, 1.165) is 8.04 Å². The van der Waals surface area contributed by atoms with E-state index in [1.807, 2.05) is 32.0 Å². The summed E-state index contributed by atoms with van der Waals surface area (Å²) in [5, 5.41) is 2.95. The van der Waals surface area contributed by atoms with E-state index in [2.05, 4.69) is 43.8 Å². The molecule has 17 heavy (non-hydrogen) atoms. The van der Waals surface area contributed by atoms with Crippen molar-refractivity contribution in [2.45, 2.75) is 19.9 Å². The van der Waals surface area contributed by atoms with Crippen LogP contribution in [0, 0.1) is 9.49 Å². The van der Waals surface area contributed by atoms with Crippen molar-refractivity contribution < 1.29 is 4.79 Å². The molecule has 0 radical (unpaired) electrons. The maximum Gasteiger partial charge on any atom is 0.252 e. The molecule has 94 valence electrons. The van der Waals surface area contributed by atoms with E-state index >= 15 is 0 Å². The molecule has 0 aliphatic heterocycles. The summed E-state index contributed by atoms with van der Waals surface area (Å²) in [6.07, 6.45) is 0. The highest BCUT2D eigenvalue weighted by molar-refractivity contribution is 14.1. The highest BCUT2D eigenvalue weighted by atomic mass is 127. The number of carbonyl (C=O) groups is 1. The van der Waals surface area contributed by atoms with Crippen molar-refractivity contribution in [2.24, 2.45) is 5.92 Å². The van der Waals surface area contributed by atoms with Crippen LogP contribution < -0.4 is 5.32 Å². The monoisotopic (exact) mass is 429 g/mol. The van der Waals surface area contributed by atoms with Gasteiger partial charge in [0.15, 0.2) is 0 Å². The fraction of sp³-hybridized carbons (Fsp3) is 0.417. The Morgan fingerprint density at radius 1 is 1.53 bits per heavy atom.